The number of pyridine rings is 1. The van der Waals surface area contributed by atoms with Crippen LogP contribution in [0.3, 0.4) is 0 Å². The van der Waals surface area contributed by atoms with Gasteiger partial charge in [-0.2, -0.15) is 0 Å². The van der Waals surface area contributed by atoms with E-state index in [1.807, 2.05) is 31.2 Å². The number of nitrogens with zero attached hydrogens (tertiary/aromatic N) is 2. The smallest absolute Gasteiger partial charge is 0.246 e. The van der Waals surface area contributed by atoms with E-state index in [0.717, 1.165) is 30.2 Å². The molecule has 0 radical (unpaired) electrons. The highest BCUT2D eigenvalue weighted by atomic mass is 16.5. The van der Waals surface area contributed by atoms with Crippen molar-refractivity contribution in [3.63, 3.8) is 0 Å². The number of rotatable bonds is 9. The fourth-order valence-electron chi connectivity index (χ4n) is 3.06. The quantitative estimate of drug-likeness (QED) is 0.590. The maximum Gasteiger partial charge on any atom is 0.246 e. The van der Waals surface area contributed by atoms with Crippen molar-refractivity contribution in [1.29, 1.82) is 0 Å². The second-order valence-corrected chi connectivity index (χ2v) is 7.52. The van der Waals surface area contributed by atoms with Gasteiger partial charge in [-0.25, -0.2) is 9.97 Å². The van der Waals surface area contributed by atoms with E-state index < -0.39 is 0 Å². The number of aromatic nitrogens is 2. The van der Waals surface area contributed by atoms with Gasteiger partial charge in [-0.15, -0.1) is 0 Å². The average Bonchev–Trinajstić information content (AvgIpc) is 3.42. The van der Waals surface area contributed by atoms with E-state index in [4.69, 9.17) is 13.9 Å². The Morgan fingerprint density at radius 2 is 2.07 bits per heavy atom. The van der Waals surface area contributed by atoms with Crippen LogP contribution < -0.4 is 14.8 Å². The molecule has 1 aliphatic rings. The summed E-state index contributed by atoms with van der Waals surface area (Å²) in [6.07, 6.45) is 5.40. The maximum atomic E-state index is 11.0. The van der Waals surface area contributed by atoms with Crippen molar-refractivity contribution in [1.82, 2.24) is 15.3 Å². The van der Waals surface area contributed by atoms with Crippen molar-refractivity contribution in [2.45, 2.75) is 39.2 Å². The number of benzene rings is 1. The normalized spacial score (nSPS) is 14.6. The van der Waals surface area contributed by atoms with Crippen LogP contribution in [-0.4, -0.2) is 35.1 Å². The highest BCUT2D eigenvalue weighted by Crippen LogP contribution is 2.32. The molecule has 1 atom stereocenters. The molecule has 0 saturated heterocycles. The molecule has 152 valence electrons. The van der Waals surface area contributed by atoms with Crippen LogP contribution in [0.25, 0.3) is 22.7 Å². The van der Waals surface area contributed by atoms with Gasteiger partial charge in [0.25, 0.3) is 0 Å². The zero-order valence-electron chi connectivity index (χ0n) is 16.7. The maximum absolute atomic E-state index is 11.0. The highest BCUT2D eigenvalue weighted by molar-refractivity contribution is 5.77. The van der Waals surface area contributed by atoms with Crippen LogP contribution >= 0.6 is 0 Å². The van der Waals surface area contributed by atoms with E-state index in [0.29, 0.717) is 29.5 Å². The Morgan fingerprint density at radius 1 is 1.24 bits per heavy atom. The van der Waals surface area contributed by atoms with Crippen LogP contribution in [0.2, 0.25) is 0 Å². The van der Waals surface area contributed by atoms with Crippen molar-refractivity contribution < 1.29 is 18.7 Å². The average molecular weight is 395 g/mol. The van der Waals surface area contributed by atoms with E-state index in [1.54, 1.807) is 12.3 Å². The predicted molar refractivity (Wildman–Crippen MR) is 109 cm³/mol. The summed E-state index contributed by atoms with van der Waals surface area (Å²) >= 11 is 0. The molecule has 4 rings (SSSR count). The zero-order chi connectivity index (χ0) is 20.2. The molecule has 1 N–H and O–H groups in total. The van der Waals surface area contributed by atoms with Crippen LogP contribution in [0.4, 0.5) is 0 Å². The third-order valence-electron chi connectivity index (χ3n) is 4.76. The number of amides is 1. The first-order valence-electron chi connectivity index (χ1n) is 9.96. The molecule has 1 aromatic carbocycles. The van der Waals surface area contributed by atoms with Gasteiger partial charge in [0.2, 0.25) is 11.8 Å². The first-order valence-corrected chi connectivity index (χ1v) is 9.96. The third kappa shape index (κ3) is 5.25. The third-order valence-corrected chi connectivity index (χ3v) is 4.76. The van der Waals surface area contributed by atoms with Gasteiger partial charge in [0.05, 0.1) is 18.8 Å². The molecule has 2 aromatic heterocycles. The Hall–Kier alpha value is -3.09. The lowest BCUT2D eigenvalue weighted by Crippen LogP contribution is -2.35. The molecular weight excluding hydrogens is 370 g/mol. The van der Waals surface area contributed by atoms with Gasteiger partial charge < -0.3 is 19.2 Å². The SMILES string of the molecule is CC(=O)NC(C)COc1ccc(-c2nc3cc(OCCC4CC4)ccc3o2)nc1. The minimum atomic E-state index is -0.0815. The van der Waals surface area contributed by atoms with Gasteiger partial charge >= 0.3 is 0 Å². The van der Waals surface area contributed by atoms with E-state index in [2.05, 4.69) is 15.3 Å². The fourth-order valence-corrected chi connectivity index (χ4v) is 3.06. The van der Waals surface area contributed by atoms with Crippen LogP contribution in [0.5, 0.6) is 11.5 Å². The Morgan fingerprint density at radius 3 is 2.79 bits per heavy atom. The fraction of sp³-hybridized carbons (Fsp3) is 0.409. The van der Waals surface area contributed by atoms with Gasteiger partial charge in [0.15, 0.2) is 5.58 Å². The topological polar surface area (TPSA) is 86.5 Å². The number of hydrogen-bond donors (Lipinski definition) is 1. The van der Waals surface area contributed by atoms with Gasteiger partial charge in [0, 0.05) is 13.0 Å². The number of carbonyl (C=O) groups is 1. The Labute approximate surface area is 169 Å². The van der Waals surface area contributed by atoms with Crippen molar-refractivity contribution in [2.24, 2.45) is 5.92 Å². The number of fused-ring (bicyclic) bond motifs is 1. The molecule has 0 bridgehead atoms. The largest absolute Gasteiger partial charge is 0.494 e. The van der Waals surface area contributed by atoms with Gasteiger partial charge in [-0.3, -0.25) is 4.79 Å². The van der Waals surface area contributed by atoms with Crippen molar-refractivity contribution in [2.75, 3.05) is 13.2 Å². The molecule has 3 aromatic rings. The lowest BCUT2D eigenvalue weighted by atomic mass is 10.3. The van der Waals surface area contributed by atoms with Gasteiger partial charge in [-0.05, 0) is 43.5 Å². The molecule has 2 heterocycles. The standard InChI is InChI=1S/C22H25N3O4/c1-14(24-15(2)26)13-28-18-5-7-19(23-12-18)22-25-20-11-17(6-8-21(20)29-22)27-10-9-16-3-4-16/h5-8,11-12,14,16H,3-4,9-10,13H2,1-2H3,(H,24,26). The summed E-state index contributed by atoms with van der Waals surface area (Å²) in [6.45, 7) is 4.47. The molecule has 7 nitrogen and oxygen atoms in total. The Bertz CT molecular complexity index is 979. The summed E-state index contributed by atoms with van der Waals surface area (Å²) in [6, 6.07) is 9.21. The lowest BCUT2D eigenvalue weighted by Gasteiger charge is -2.13. The molecule has 7 heteroatoms. The predicted octanol–water partition coefficient (Wildman–Crippen LogP) is 3.97. The second kappa shape index (κ2) is 8.51. The van der Waals surface area contributed by atoms with Crippen LogP contribution in [0, 0.1) is 5.92 Å². The molecule has 1 aliphatic carbocycles. The minimum Gasteiger partial charge on any atom is -0.494 e. The summed E-state index contributed by atoms with van der Waals surface area (Å²) in [5.74, 6) is 2.65. The molecule has 0 aliphatic heterocycles. The summed E-state index contributed by atoms with van der Waals surface area (Å²) < 4.78 is 17.3. The van der Waals surface area contributed by atoms with Crippen LogP contribution in [0.1, 0.15) is 33.1 Å². The van der Waals surface area contributed by atoms with Crippen LogP contribution in [0.15, 0.2) is 40.9 Å². The molecule has 1 unspecified atom stereocenters. The zero-order valence-corrected chi connectivity index (χ0v) is 16.7. The molecule has 29 heavy (non-hydrogen) atoms. The number of carbonyl (C=O) groups excluding carboxylic acids is 1. The number of hydrogen-bond acceptors (Lipinski definition) is 6. The number of nitrogens with one attached hydrogen (secondary N) is 1. The first-order chi connectivity index (χ1) is 14.1. The first kappa shape index (κ1) is 19.2. The van der Waals surface area contributed by atoms with Crippen molar-refractivity contribution in [3.8, 4) is 23.1 Å². The number of oxazole rings is 1. The molecule has 1 fully saturated rings. The van der Waals surface area contributed by atoms with Gasteiger partial charge in [-0.1, -0.05) is 12.8 Å². The highest BCUT2D eigenvalue weighted by Gasteiger charge is 2.20. The van der Waals surface area contributed by atoms with Gasteiger partial charge in [0.1, 0.15) is 29.3 Å². The van der Waals surface area contributed by atoms with Crippen LogP contribution in [-0.2, 0) is 4.79 Å². The Kier molecular flexibility index (Phi) is 5.64. The van der Waals surface area contributed by atoms with E-state index in [-0.39, 0.29) is 11.9 Å². The van der Waals surface area contributed by atoms with Crippen molar-refractivity contribution >= 4 is 17.0 Å². The summed E-state index contributed by atoms with van der Waals surface area (Å²) in [4.78, 5) is 20.0. The molecule has 0 spiro atoms. The number of ether oxygens (including phenoxy) is 2. The molecule has 1 saturated carbocycles. The lowest BCUT2D eigenvalue weighted by molar-refractivity contribution is -0.119. The monoisotopic (exact) mass is 395 g/mol. The van der Waals surface area contributed by atoms with E-state index in [1.165, 1.54) is 19.8 Å². The second-order valence-electron chi connectivity index (χ2n) is 7.52. The molecular formula is C22H25N3O4. The minimum absolute atomic E-state index is 0.0788. The van der Waals surface area contributed by atoms with E-state index >= 15 is 0 Å². The summed E-state index contributed by atoms with van der Waals surface area (Å²) in [5.41, 5.74) is 2.07. The molecule has 1 amide bonds. The van der Waals surface area contributed by atoms with E-state index in [9.17, 15) is 4.79 Å². The Balaban J connectivity index is 1.38. The van der Waals surface area contributed by atoms with Crippen molar-refractivity contribution in [3.05, 3.63) is 36.5 Å². The summed E-state index contributed by atoms with van der Waals surface area (Å²) in [7, 11) is 0. The summed E-state index contributed by atoms with van der Waals surface area (Å²) in [5, 5.41) is 2.77.